The van der Waals surface area contributed by atoms with Gasteiger partial charge in [0.15, 0.2) is 18.1 Å². The third kappa shape index (κ3) is 6.22. The average Bonchev–Trinajstić information content (AvgIpc) is 3.31. The highest BCUT2D eigenvalue weighted by Gasteiger charge is 2.31. The Kier molecular flexibility index (Phi) is 8.48. The molecule has 0 spiro atoms. The predicted molar refractivity (Wildman–Crippen MR) is 120 cm³/mol. The van der Waals surface area contributed by atoms with Gasteiger partial charge in [0.2, 0.25) is 5.91 Å². The Labute approximate surface area is 188 Å². The first-order valence-electron chi connectivity index (χ1n) is 11.1. The van der Waals surface area contributed by atoms with Crippen LogP contribution in [0, 0.1) is 5.82 Å². The van der Waals surface area contributed by atoms with Crippen LogP contribution in [0.4, 0.5) is 4.39 Å². The Bertz CT molecular complexity index is 897. The number of nitrogens with one attached hydrogen (secondary N) is 1. The van der Waals surface area contributed by atoms with E-state index in [-0.39, 0.29) is 36.8 Å². The number of benzene rings is 2. The zero-order valence-electron chi connectivity index (χ0n) is 18.7. The average molecular weight is 443 g/mol. The smallest absolute Gasteiger partial charge is 0.261 e. The van der Waals surface area contributed by atoms with E-state index >= 15 is 0 Å². The summed E-state index contributed by atoms with van der Waals surface area (Å²) < 4.78 is 24.4. The maximum absolute atomic E-state index is 13.4. The number of ether oxygens (including phenoxy) is 2. The molecular weight excluding hydrogens is 411 g/mol. The first-order valence-corrected chi connectivity index (χ1v) is 11.1. The summed E-state index contributed by atoms with van der Waals surface area (Å²) in [5, 5.41) is 3.10. The minimum atomic E-state index is -0.644. The lowest BCUT2D eigenvalue weighted by Crippen LogP contribution is -2.52. The van der Waals surface area contributed by atoms with E-state index < -0.39 is 6.04 Å². The molecule has 1 aliphatic rings. The van der Waals surface area contributed by atoms with Crippen LogP contribution in [-0.2, 0) is 16.1 Å². The van der Waals surface area contributed by atoms with Gasteiger partial charge in [-0.15, -0.1) is 0 Å². The Morgan fingerprint density at radius 3 is 2.38 bits per heavy atom. The van der Waals surface area contributed by atoms with E-state index in [1.807, 2.05) is 13.0 Å². The van der Waals surface area contributed by atoms with E-state index in [0.29, 0.717) is 17.9 Å². The number of methoxy groups -OCH3 is 1. The lowest BCUT2D eigenvalue weighted by Gasteiger charge is -2.31. The highest BCUT2D eigenvalue weighted by atomic mass is 19.1. The molecule has 1 atom stereocenters. The van der Waals surface area contributed by atoms with Gasteiger partial charge in [-0.2, -0.15) is 0 Å². The number of carbonyl (C=O) groups excluding carboxylic acids is 2. The highest BCUT2D eigenvalue weighted by molar-refractivity contribution is 5.88. The van der Waals surface area contributed by atoms with Crippen molar-refractivity contribution in [3.63, 3.8) is 0 Å². The van der Waals surface area contributed by atoms with Gasteiger partial charge in [-0.3, -0.25) is 9.59 Å². The van der Waals surface area contributed by atoms with Crippen LogP contribution in [0.5, 0.6) is 11.5 Å². The van der Waals surface area contributed by atoms with E-state index in [1.165, 1.54) is 24.1 Å². The fourth-order valence-corrected chi connectivity index (χ4v) is 4.03. The molecule has 1 unspecified atom stereocenters. The quantitative estimate of drug-likeness (QED) is 0.602. The Hall–Kier alpha value is -3.09. The van der Waals surface area contributed by atoms with Crippen molar-refractivity contribution in [2.24, 2.45) is 0 Å². The molecule has 1 aliphatic carbocycles. The number of hydrogen-bond donors (Lipinski definition) is 1. The second-order valence-corrected chi connectivity index (χ2v) is 8.00. The van der Waals surface area contributed by atoms with Crippen molar-refractivity contribution in [1.82, 2.24) is 10.2 Å². The van der Waals surface area contributed by atoms with Crippen LogP contribution in [0.15, 0.2) is 48.5 Å². The van der Waals surface area contributed by atoms with Crippen molar-refractivity contribution >= 4 is 11.8 Å². The van der Waals surface area contributed by atoms with Crippen molar-refractivity contribution in [2.75, 3.05) is 13.7 Å². The van der Waals surface area contributed by atoms with Crippen LogP contribution in [0.1, 0.15) is 44.6 Å². The first-order chi connectivity index (χ1) is 15.5. The molecule has 0 saturated heterocycles. The Morgan fingerprint density at radius 2 is 1.75 bits per heavy atom. The van der Waals surface area contributed by atoms with Crippen molar-refractivity contribution in [2.45, 2.75) is 57.7 Å². The van der Waals surface area contributed by atoms with Gasteiger partial charge in [0.05, 0.1) is 7.11 Å². The Balaban J connectivity index is 1.76. The standard InChI is InChI=1S/C25H31FN2O4/c1-3-21(25(30)27-20-8-4-5-9-20)28(16-18-12-14-19(26)15-13-18)24(29)17-32-23-11-7-6-10-22(23)31-2/h6-7,10-15,20-21H,3-5,8-9,16-17H2,1-2H3,(H,27,30). The van der Waals surface area contributed by atoms with Crippen LogP contribution in [0.25, 0.3) is 0 Å². The number of amides is 2. The first kappa shape index (κ1) is 23.6. The van der Waals surface area contributed by atoms with Gasteiger partial charge >= 0.3 is 0 Å². The van der Waals surface area contributed by atoms with Crippen LogP contribution in [0.2, 0.25) is 0 Å². The molecule has 1 fully saturated rings. The molecule has 32 heavy (non-hydrogen) atoms. The summed E-state index contributed by atoms with van der Waals surface area (Å²) in [6, 6.07) is 12.5. The van der Waals surface area contributed by atoms with Gasteiger partial charge in [-0.1, -0.05) is 44.0 Å². The van der Waals surface area contributed by atoms with Crippen LogP contribution >= 0.6 is 0 Å². The monoisotopic (exact) mass is 442 g/mol. The minimum absolute atomic E-state index is 0.157. The lowest BCUT2D eigenvalue weighted by molar-refractivity contribution is -0.143. The van der Waals surface area contributed by atoms with Crippen molar-refractivity contribution < 1.29 is 23.5 Å². The highest BCUT2D eigenvalue weighted by Crippen LogP contribution is 2.26. The maximum atomic E-state index is 13.4. The molecule has 1 saturated carbocycles. The number of para-hydroxylation sites is 2. The number of carbonyl (C=O) groups is 2. The molecule has 0 bridgehead atoms. The summed E-state index contributed by atoms with van der Waals surface area (Å²) >= 11 is 0. The van der Waals surface area contributed by atoms with Crippen molar-refractivity contribution in [3.8, 4) is 11.5 Å². The molecule has 0 aromatic heterocycles. The van der Waals surface area contributed by atoms with Gasteiger partial charge in [0.25, 0.3) is 5.91 Å². The number of halogens is 1. The van der Waals surface area contributed by atoms with Crippen LogP contribution in [-0.4, -0.2) is 42.5 Å². The molecule has 0 aliphatic heterocycles. The van der Waals surface area contributed by atoms with Gasteiger partial charge in [0, 0.05) is 12.6 Å². The number of hydrogen-bond acceptors (Lipinski definition) is 4. The van der Waals surface area contributed by atoms with Gasteiger partial charge in [-0.05, 0) is 49.1 Å². The number of rotatable bonds is 10. The summed E-state index contributed by atoms with van der Waals surface area (Å²) in [7, 11) is 1.53. The molecule has 3 rings (SSSR count). The molecule has 2 aromatic carbocycles. The lowest BCUT2D eigenvalue weighted by atomic mass is 10.1. The zero-order valence-corrected chi connectivity index (χ0v) is 18.7. The molecule has 7 heteroatoms. The predicted octanol–water partition coefficient (Wildman–Crippen LogP) is 4.08. The van der Waals surface area contributed by atoms with E-state index in [2.05, 4.69) is 5.32 Å². The summed E-state index contributed by atoms with van der Waals surface area (Å²) in [5.74, 6) is 0.142. The fourth-order valence-electron chi connectivity index (χ4n) is 4.03. The van der Waals surface area contributed by atoms with E-state index in [9.17, 15) is 14.0 Å². The zero-order chi connectivity index (χ0) is 22.9. The van der Waals surface area contributed by atoms with E-state index in [4.69, 9.17) is 9.47 Å². The summed E-state index contributed by atoms with van der Waals surface area (Å²) in [6.07, 6.45) is 4.59. The van der Waals surface area contributed by atoms with E-state index in [0.717, 1.165) is 31.2 Å². The normalized spacial score (nSPS) is 14.6. The second kappa shape index (κ2) is 11.5. The van der Waals surface area contributed by atoms with Crippen LogP contribution < -0.4 is 14.8 Å². The molecule has 172 valence electrons. The largest absolute Gasteiger partial charge is 0.493 e. The van der Waals surface area contributed by atoms with Gasteiger partial charge < -0.3 is 19.7 Å². The minimum Gasteiger partial charge on any atom is -0.493 e. The third-order valence-corrected chi connectivity index (χ3v) is 5.77. The van der Waals surface area contributed by atoms with Gasteiger partial charge in [0.1, 0.15) is 11.9 Å². The molecule has 6 nitrogen and oxygen atoms in total. The third-order valence-electron chi connectivity index (χ3n) is 5.77. The van der Waals surface area contributed by atoms with Crippen molar-refractivity contribution in [3.05, 3.63) is 59.9 Å². The maximum Gasteiger partial charge on any atom is 0.261 e. The molecular formula is C25H31FN2O4. The number of nitrogens with zero attached hydrogens (tertiary/aromatic N) is 1. The SMILES string of the molecule is CCC(C(=O)NC1CCCC1)N(Cc1ccc(F)cc1)C(=O)COc1ccccc1OC. The Morgan fingerprint density at radius 1 is 1.09 bits per heavy atom. The molecule has 1 N–H and O–H groups in total. The molecule has 2 amide bonds. The molecule has 0 radical (unpaired) electrons. The van der Waals surface area contributed by atoms with Crippen molar-refractivity contribution in [1.29, 1.82) is 0 Å². The molecule has 0 heterocycles. The summed E-state index contributed by atoms with van der Waals surface area (Å²) in [5.41, 5.74) is 0.740. The molecule has 2 aromatic rings. The fraction of sp³-hybridized carbons (Fsp3) is 0.440. The summed E-state index contributed by atoms with van der Waals surface area (Å²) in [6.45, 7) is 1.82. The topological polar surface area (TPSA) is 67.9 Å². The van der Waals surface area contributed by atoms with E-state index in [1.54, 1.807) is 30.3 Å². The summed E-state index contributed by atoms with van der Waals surface area (Å²) in [4.78, 5) is 27.8. The second-order valence-electron chi connectivity index (χ2n) is 8.00. The van der Waals surface area contributed by atoms with Gasteiger partial charge in [-0.25, -0.2) is 4.39 Å². The van der Waals surface area contributed by atoms with Crippen LogP contribution in [0.3, 0.4) is 0 Å².